The van der Waals surface area contributed by atoms with Crippen molar-refractivity contribution in [1.82, 2.24) is 9.78 Å². The SMILES string of the molecule is CC(C)Oc1cc(NC(=O)c2cccc(S(=O)(=O)Cl)c2)n(C(C)(C)C)n1. The van der Waals surface area contributed by atoms with Crippen LogP contribution in [-0.2, 0) is 14.6 Å². The molecule has 0 unspecified atom stereocenters. The van der Waals surface area contributed by atoms with E-state index in [2.05, 4.69) is 10.4 Å². The Morgan fingerprint density at radius 2 is 1.92 bits per heavy atom. The molecule has 0 atom stereocenters. The second-order valence-corrected chi connectivity index (χ2v) is 9.60. The van der Waals surface area contributed by atoms with E-state index in [1.54, 1.807) is 10.7 Å². The molecule has 0 aliphatic heterocycles. The van der Waals surface area contributed by atoms with Gasteiger partial charge in [0.25, 0.3) is 15.0 Å². The van der Waals surface area contributed by atoms with Crippen LogP contribution >= 0.6 is 10.7 Å². The lowest BCUT2D eigenvalue weighted by atomic mass is 10.1. The quantitative estimate of drug-likeness (QED) is 0.775. The number of benzene rings is 1. The van der Waals surface area contributed by atoms with E-state index >= 15 is 0 Å². The standard InChI is InChI=1S/C17H22ClN3O4S/c1-11(2)25-15-10-14(21(20-15)17(3,4)5)19-16(22)12-7-6-8-13(9-12)26(18,23)24/h6-11H,1-5H3,(H,19,22). The van der Waals surface area contributed by atoms with Crippen molar-refractivity contribution in [2.24, 2.45) is 0 Å². The van der Waals surface area contributed by atoms with Gasteiger partial charge in [-0.25, -0.2) is 13.1 Å². The molecule has 1 aromatic heterocycles. The topological polar surface area (TPSA) is 90.3 Å². The van der Waals surface area contributed by atoms with Crippen LogP contribution in [0.5, 0.6) is 5.88 Å². The van der Waals surface area contributed by atoms with Crippen LogP contribution in [0.15, 0.2) is 35.2 Å². The molecule has 7 nitrogen and oxygen atoms in total. The van der Waals surface area contributed by atoms with Gasteiger partial charge in [0, 0.05) is 22.3 Å². The first kappa shape index (κ1) is 20.3. The molecule has 1 aromatic carbocycles. The molecule has 2 aromatic rings. The molecule has 2 rings (SSSR count). The fourth-order valence-electron chi connectivity index (χ4n) is 2.24. The fourth-order valence-corrected chi connectivity index (χ4v) is 3.03. The molecular formula is C17H22ClN3O4S. The monoisotopic (exact) mass is 399 g/mol. The van der Waals surface area contributed by atoms with Crippen molar-refractivity contribution in [1.29, 1.82) is 0 Å². The highest BCUT2D eigenvalue weighted by Crippen LogP contribution is 2.26. The summed E-state index contributed by atoms with van der Waals surface area (Å²) in [4.78, 5) is 12.4. The minimum absolute atomic E-state index is 0.0625. The number of nitrogens with one attached hydrogen (secondary N) is 1. The number of ether oxygens (including phenoxy) is 1. The first-order chi connectivity index (χ1) is 11.9. The molecule has 0 bridgehead atoms. The summed E-state index contributed by atoms with van der Waals surface area (Å²) in [6.07, 6.45) is -0.0625. The maximum Gasteiger partial charge on any atom is 0.261 e. The summed E-state index contributed by atoms with van der Waals surface area (Å²) >= 11 is 0. The number of carbonyl (C=O) groups excluding carboxylic acids is 1. The molecule has 9 heteroatoms. The number of rotatable bonds is 5. The number of hydrogen-bond acceptors (Lipinski definition) is 5. The molecule has 0 saturated carbocycles. The number of aromatic nitrogens is 2. The zero-order chi connectivity index (χ0) is 19.7. The molecule has 0 radical (unpaired) electrons. The van der Waals surface area contributed by atoms with Crippen LogP contribution in [-0.4, -0.2) is 30.2 Å². The average molecular weight is 400 g/mol. The predicted octanol–water partition coefficient (Wildman–Crippen LogP) is 3.61. The second kappa shape index (κ2) is 7.28. The van der Waals surface area contributed by atoms with Crippen molar-refractivity contribution < 1.29 is 17.9 Å². The van der Waals surface area contributed by atoms with E-state index in [9.17, 15) is 13.2 Å². The maximum absolute atomic E-state index is 12.6. The molecular weight excluding hydrogens is 378 g/mol. The lowest BCUT2D eigenvalue weighted by Gasteiger charge is -2.22. The first-order valence-electron chi connectivity index (χ1n) is 8.01. The Balaban J connectivity index is 2.35. The molecule has 0 aliphatic rings. The van der Waals surface area contributed by atoms with Crippen LogP contribution in [0.1, 0.15) is 45.0 Å². The zero-order valence-corrected chi connectivity index (χ0v) is 16.9. The van der Waals surface area contributed by atoms with E-state index in [4.69, 9.17) is 15.4 Å². The van der Waals surface area contributed by atoms with Gasteiger partial charge in [-0.05, 0) is 52.8 Å². The number of nitrogens with zero attached hydrogens (tertiary/aromatic N) is 2. The van der Waals surface area contributed by atoms with Crippen LogP contribution in [0.4, 0.5) is 5.82 Å². The van der Waals surface area contributed by atoms with E-state index in [0.717, 1.165) is 0 Å². The third-order valence-corrected chi connectivity index (χ3v) is 4.65. The van der Waals surface area contributed by atoms with Gasteiger partial charge in [0.2, 0.25) is 5.88 Å². The number of hydrogen-bond donors (Lipinski definition) is 1. The highest BCUT2D eigenvalue weighted by molar-refractivity contribution is 8.13. The molecule has 1 heterocycles. The average Bonchev–Trinajstić information content (AvgIpc) is 2.88. The van der Waals surface area contributed by atoms with Gasteiger partial charge in [-0.2, -0.15) is 0 Å². The third-order valence-electron chi connectivity index (χ3n) is 3.30. The molecule has 0 saturated heterocycles. The van der Waals surface area contributed by atoms with Crippen molar-refractivity contribution in [3.63, 3.8) is 0 Å². The fraction of sp³-hybridized carbons (Fsp3) is 0.412. The summed E-state index contributed by atoms with van der Waals surface area (Å²) < 4.78 is 30.2. The Morgan fingerprint density at radius 3 is 2.46 bits per heavy atom. The van der Waals surface area contributed by atoms with Crippen LogP contribution in [0, 0.1) is 0 Å². The van der Waals surface area contributed by atoms with E-state index < -0.39 is 20.5 Å². The Kier molecular flexibility index (Phi) is 5.67. The van der Waals surface area contributed by atoms with Crippen molar-refractivity contribution in [2.75, 3.05) is 5.32 Å². The molecule has 0 aliphatic carbocycles. The molecule has 1 N–H and O–H groups in total. The van der Waals surface area contributed by atoms with E-state index in [-0.39, 0.29) is 16.6 Å². The summed E-state index contributed by atoms with van der Waals surface area (Å²) in [6.45, 7) is 9.58. The van der Waals surface area contributed by atoms with Crippen molar-refractivity contribution >= 4 is 31.5 Å². The highest BCUT2D eigenvalue weighted by atomic mass is 35.7. The van der Waals surface area contributed by atoms with Crippen molar-refractivity contribution in [2.45, 2.75) is 51.2 Å². The van der Waals surface area contributed by atoms with Gasteiger partial charge in [-0.1, -0.05) is 6.07 Å². The Bertz CT molecular complexity index is 914. The molecule has 1 amide bonds. The lowest BCUT2D eigenvalue weighted by molar-refractivity contribution is 0.102. The molecule has 0 fully saturated rings. The predicted molar refractivity (Wildman–Crippen MR) is 100 cm³/mol. The van der Waals surface area contributed by atoms with Gasteiger partial charge < -0.3 is 10.1 Å². The summed E-state index contributed by atoms with van der Waals surface area (Å²) in [5.74, 6) is 0.355. The van der Waals surface area contributed by atoms with Crippen LogP contribution in [0.25, 0.3) is 0 Å². The van der Waals surface area contributed by atoms with Gasteiger partial charge >= 0.3 is 0 Å². The van der Waals surface area contributed by atoms with Gasteiger partial charge in [0.1, 0.15) is 5.82 Å². The smallest absolute Gasteiger partial charge is 0.261 e. The summed E-state index contributed by atoms with van der Waals surface area (Å²) in [6, 6.07) is 7.14. The van der Waals surface area contributed by atoms with Gasteiger partial charge in [-0.3, -0.25) is 4.79 Å². The van der Waals surface area contributed by atoms with Gasteiger partial charge in [0.15, 0.2) is 0 Å². The Hall–Kier alpha value is -2.06. The lowest BCUT2D eigenvalue weighted by Crippen LogP contribution is -2.26. The number of carbonyl (C=O) groups is 1. The third kappa shape index (κ3) is 4.98. The largest absolute Gasteiger partial charge is 0.474 e. The minimum Gasteiger partial charge on any atom is -0.474 e. The molecule has 26 heavy (non-hydrogen) atoms. The second-order valence-electron chi connectivity index (χ2n) is 7.04. The van der Waals surface area contributed by atoms with Gasteiger partial charge in [-0.15, -0.1) is 5.10 Å². The highest BCUT2D eigenvalue weighted by Gasteiger charge is 2.23. The summed E-state index contributed by atoms with van der Waals surface area (Å²) in [7, 11) is 1.42. The first-order valence-corrected chi connectivity index (χ1v) is 10.3. The van der Waals surface area contributed by atoms with Gasteiger partial charge in [0.05, 0.1) is 16.5 Å². The summed E-state index contributed by atoms with van der Waals surface area (Å²) in [5.41, 5.74) is -0.234. The van der Waals surface area contributed by atoms with Crippen LogP contribution in [0.3, 0.4) is 0 Å². The Labute approximate surface area is 157 Å². The van der Waals surface area contributed by atoms with Crippen LogP contribution < -0.4 is 10.1 Å². The number of halogens is 1. The summed E-state index contributed by atoms with van der Waals surface area (Å²) in [5, 5.41) is 7.14. The Morgan fingerprint density at radius 1 is 1.27 bits per heavy atom. The number of amides is 1. The van der Waals surface area contributed by atoms with E-state index in [1.165, 1.54) is 24.3 Å². The minimum atomic E-state index is -3.92. The number of anilines is 1. The zero-order valence-electron chi connectivity index (χ0n) is 15.3. The van der Waals surface area contributed by atoms with E-state index in [0.29, 0.717) is 11.7 Å². The van der Waals surface area contributed by atoms with Crippen LogP contribution in [0.2, 0.25) is 0 Å². The van der Waals surface area contributed by atoms with Crippen molar-refractivity contribution in [3.8, 4) is 5.88 Å². The molecule has 142 valence electrons. The molecule has 0 spiro atoms. The normalized spacial score (nSPS) is 12.3. The van der Waals surface area contributed by atoms with E-state index in [1.807, 2.05) is 34.6 Å². The van der Waals surface area contributed by atoms with Crippen molar-refractivity contribution in [3.05, 3.63) is 35.9 Å². The maximum atomic E-state index is 12.6.